The number of nitrogens with one attached hydrogen (secondary N) is 1. The van der Waals surface area contributed by atoms with Crippen LogP contribution < -0.4 is 5.32 Å². The van der Waals surface area contributed by atoms with E-state index in [-0.39, 0.29) is 23.2 Å². The van der Waals surface area contributed by atoms with Crippen LogP contribution in [0.1, 0.15) is 80.6 Å². The minimum atomic E-state index is -9.79. The number of carbonyl (C=O) groups excluding carboxylic acids is 1. The van der Waals surface area contributed by atoms with Crippen molar-refractivity contribution in [1.29, 1.82) is 0 Å². The van der Waals surface area contributed by atoms with Gasteiger partial charge < -0.3 is 10.1 Å². The van der Waals surface area contributed by atoms with E-state index in [2.05, 4.69) is 15.3 Å². The van der Waals surface area contributed by atoms with Crippen LogP contribution in [0.3, 0.4) is 0 Å². The molecule has 0 saturated carbocycles. The van der Waals surface area contributed by atoms with E-state index in [9.17, 15) is 24.2 Å². The Morgan fingerprint density at radius 1 is 1.11 bits per heavy atom. The molecule has 2 heterocycles. The molecule has 1 saturated heterocycles. The Balaban J connectivity index is 1.45. The summed E-state index contributed by atoms with van der Waals surface area (Å²) >= 11 is 0. The molecule has 2 aliphatic rings. The van der Waals surface area contributed by atoms with Gasteiger partial charge in [0.2, 0.25) is 0 Å². The maximum absolute atomic E-state index is 13.4. The van der Waals surface area contributed by atoms with E-state index < -0.39 is 21.2 Å². The molecule has 0 bridgehead atoms. The first-order chi connectivity index (χ1) is 17.7. The average molecular weight is 562 g/mol. The number of benzene rings is 1. The second-order valence-corrected chi connectivity index (χ2v) is 13.1. The largest absolute Gasteiger partial charge is 0.381 e. The van der Waals surface area contributed by atoms with Gasteiger partial charge in [0.25, 0.3) is 0 Å². The van der Waals surface area contributed by atoms with Crippen molar-refractivity contribution in [2.45, 2.75) is 82.6 Å². The minimum Gasteiger partial charge on any atom is -0.381 e. The van der Waals surface area contributed by atoms with Crippen LogP contribution >= 0.6 is 10.2 Å². The van der Waals surface area contributed by atoms with Gasteiger partial charge in [0.1, 0.15) is 22.3 Å². The molecule has 4 rings (SSSR count). The lowest BCUT2D eigenvalue weighted by Crippen LogP contribution is -2.23. The quantitative estimate of drug-likeness (QED) is 0.329. The summed E-state index contributed by atoms with van der Waals surface area (Å²) in [6.07, 6.45) is 7.21. The molecule has 0 amide bonds. The van der Waals surface area contributed by atoms with Crippen molar-refractivity contribution >= 4 is 21.8 Å². The number of ketones is 1. The molecule has 11 heteroatoms. The highest BCUT2D eigenvalue weighted by Crippen LogP contribution is 3.02. The molecule has 1 aliphatic carbocycles. The van der Waals surface area contributed by atoms with Gasteiger partial charge in [-0.1, -0.05) is 38.0 Å². The van der Waals surface area contributed by atoms with Gasteiger partial charge in [-0.2, -0.15) is 0 Å². The zero-order valence-corrected chi connectivity index (χ0v) is 22.6. The third-order valence-corrected chi connectivity index (χ3v) is 8.74. The van der Waals surface area contributed by atoms with Crippen LogP contribution in [-0.2, 0) is 22.4 Å². The standard InChI is InChI=1S/C27H36F5N3O2S/c1-18(22-7-5-8-23(17-22)38(28,29,30,31)32)33-27-24-16-20(9-11-25(24)34-19(2)35-27)10-12-26(36)21-6-3-4-14-37-15-13-21/h5,7-8,17-18,20-21H,3-4,6,9-16H2,1-2H3,(H,33,34,35). The Bertz CT molecular complexity index is 1170. The lowest BCUT2D eigenvalue weighted by atomic mass is 9.81. The molecule has 3 atom stereocenters. The van der Waals surface area contributed by atoms with Gasteiger partial charge in [-0.3, -0.25) is 4.79 Å². The summed E-state index contributed by atoms with van der Waals surface area (Å²) in [5.41, 5.74) is 1.85. The highest BCUT2D eigenvalue weighted by molar-refractivity contribution is 8.45. The van der Waals surface area contributed by atoms with E-state index >= 15 is 0 Å². The second kappa shape index (κ2) is 10.4. The zero-order valence-electron chi connectivity index (χ0n) is 21.8. The van der Waals surface area contributed by atoms with Crippen LogP contribution in [0.4, 0.5) is 25.2 Å². The van der Waals surface area contributed by atoms with E-state index in [0.29, 0.717) is 43.2 Å². The van der Waals surface area contributed by atoms with E-state index in [4.69, 9.17) is 4.74 Å². The topological polar surface area (TPSA) is 64.1 Å². The number of fused-ring (bicyclic) bond motifs is 1. The highest BCUT2D eigenvalue weighted by atomic mass is 32.5. The SMILES string of the molecule is Cc1nc2c(c(NC(C)c3cccc(S(F)(F)(F)(F)F)c3)n1)CC(CCC(=O)C1CCCCOCC1)CC2. The Morgan fingerprint density at radius 3 is 2.66 bits per heavy atom. The third kappa shape index (κ3) is 7.43. The fourth-order valence-electron chi connectivity index (χ4n) is 5.42. The monoisotopic (exact) mass is 561 g/mol. The van der Waals surface area contributed by atoms with Crippen molar-refractivity contribution in [2.24, 2.45) is 11.8 Å². The molecule has 0 radical (unpaired) electrons. The van der Waals surface area contributed by atoms with Gasteiger partial charge in [0, 0.05) is 42.9 Å². The molecular weight excluding hydrogens is 525 g/mol. The molecule has 5 nitrogen and oxygen atoms in total. The van der Waals surface area contributed by atoms with E-state index in [1.807, 2.05) is 0 Å². The van der Waals surface area contributed by atoms with Crippen molar-refractivity contribution in [2.75, 3.05) is 18.5 Å². The first kappa shape index (κ1) is 28.7. The maximum Gasteiger partial charge on any atom is 0.310 e. The molecule has 2 aromatic rings. The van der Waals surface area contributed by atoms with Gasteiger partial charge in [-0.15, -0.1) is 0 Å². The fourth-order valence-corrected chi connectivity index (χ4v) is 6.12. The van der Waals surface area contributed by atoms with Gasteiger partial charge >= 0.3 is 10.2 Å². The summed E-state index contributed by atoms with van der Waals surface area (Å²) in [7, 11) is -9.79. The summed E-state index contributed by atoms with van der Waals surface area (Å²) in [5.74, 6) is 1.63. The summed E-state index contributed by atoms with van der Waals surface area (Å²) in [4.78, 5) is 20.1. The van der Waals surface area contributed by atoms with E-state index in [1.54, 1.807) is 13.8 Å². The molecule has 38 heavy (non-hydrogen) atoms. The van der Waals surface area contributed by atoms with Gasteiger partial charge in [0.15, 0.2) is 0 Å². The number of rotatable bonds is 8. The van der Waals surface area contributed by atoms with Crippen molar-refractivity contribution in [3.63, 3.8) is 0 Å². The van der Waals surface area contributed by atoms with Crippen LogP contribution in [0.5, 0.6) is 0 Å². The molecule has 3 unspecified atom stereocenters. The Kier molecular flexibility index (Phi) is 7.84. The summed E-state index contributed by atoms with van der Waals surface area (Å²) in [6.45, 7) is 4.75. The van der Waals surface area contributed by atoms with Crippen LogP contribution in [-0.4, -0.2) is 29.0 Å². The number of Topliss-reactive ketones (excluding diaryl/α,β-unsaturated/α-hetero) is 1. The average Bonchev–Trinajstić information content (AvgIpc) is 2.81. The van der Waals surface area contributed by atoms with Crippen LogP contribution in [0.15, 0.2) is 29.2 Å². The molecule has 1 aliphatic heterocycles. The molecule has 0 spiro atoms. The van der Waals surface area contributed by atoms with Crippen molar-refractivity contribution in [3.8, 4) is 0 Å². The Hall–Kier alpha value is -2.27. The van der Waals surface area contributed by atoms with Crippen molar-refractivity contribution < 1.29 is 29.0 Å². The number of aromatic nitrogens is 2. The highest BCUT2D eigenvalue weighted by Gasteiger charge is 2.65. The van der Waals surface area contributed by atoms with Gasteiger partial charge in [-0.25, -0.2) is 9.97 Å². The smallest absolute Gasteiger partial charge is 0.310 e. The second-order valence-electron chi connectivity index (χ2n) is 10.7. The summed E-state index contributed by atoms with van der Waals surface area (Å²) < 4.78 is 72.3. The normalized spacial score (nSPS) is 23.2. The number of halogens is 5. The molecule has 212 valence electrons. The number of anilines is 1. The van der Waals surface area contributed by atoms with E-state index in [0.717, 1.165) is 68.9 Å². The first-order valence-electron chi connectivity index (χ1n) is 13.3. The summed E-state index contributed by atoms with van der Waals surface area (Å²) in [6, 6.07) is 2.60. The van der Waals surface area contributed by atoms with Crippen LogP contribution in [0.25, 0.3) is 0 Å². The number of hydrogen-bond donors (Lipinski definition) is 1. The predicted molar refractivity (Wildman–Crippen MR) is 139 cm³/mol. The van der Waals surface area contributed by atoms with Crippen LogP contribution in [0.2, 0.25) is 0 Å². The third-order valence-electron chi connectivity index (χ3n) is 7.60. The molecule has 1 aromatic heterocycles. The van der Waals surface area contributed by atoms with Gasteiger partial charge in [0.05, 0.1) is 0 Å². The number of nitrogens with zero attached hydrogens (tertiary/aromatic N) is 2. The van der Waals surface area contributed by atoms with Gasteiger partial charge in [-0.05, 0) is 82.4 Å². The van der Waals surface area contributed by atoms with Crippen molar-refractivity contribution in [1.82, 2.24) is 9.97 Å². The Labute approximate surface area is 220 Å². The number of ether oxygens (including phenoxy) is 1. The lowest BCUT2D eigenvalue weighted by molar-refractivity contribution is -0.124. The number of aryl methyl sites for hydroxylation is 2. The fraction of sp³-hybridized carbons (Fsp3) is 0.593. The molecule has 1 N–H and O–H groups in total. The molecule has 1 aromatic carbocycles. The maximum atomic E-state index is 13.4. The first-order valence-corrected chi connectivity index (χ1v) is 15.2. The van der Waals surface area contributed by atoms with E-state index in [1.165, 1.54) is 6.07 Å². The zero-order chi connectivity index (χ0) is 27.6. The van der Waals surface area contributed by atoms with Crippen molar-refractivity contribution in [3.05, 3.63) is 46.9 Å². The molecular formula is C27H36F5N3O2S. The molecule has 1 fully saturated rings. The predicted octanol–water partition coefficient (Wildman–Crippen LogP) is 8.28. The Morgan fingerprint density at radius 2 is 1.89 bits per heavy atom. The summed E-state index contributed by atoms with van der Waals surface area (Å²) in [5, 5.41) is 3.15. The number of carbonyl (C=O) groups is 1. The number of hydrogen-bond acceptors (Lipinski definition) is 5. The minimum absolute atomic E-state index is 0.0530. The van der Waals surface area contributed by atoms with Crippen LogP contribution in [0, 0.1) is 18.8 Å². The lowest BCUT2D eigenvalue weighted by Gasteiger charge is -2.40.